The van der Waals surface area contributed by atoms with E-state index in [9.17, 15) is 5.11 Å². The van der Waals surface area contributed by atoms with Crippen molar-refractivity contribution in [3.05, 3.63) is 17.5 Å². The van der Waals surface area contributed by atoms with E-state index in [2.05, 4.69) is 10.2 Å². The molecular formula is C10H15N3O. The number of aryl methyl sites for hydroxylation is 1. The average Bonchev–Trinajstić information content (AvgIpc) is 2.82. The van der Waals surface area contributed by atoms with Crippen molar-refractivity contribution < 1.29 is 5.11 Å². The van der Waals surface area contributed by atoms with Gasteiger partial charge in [-0.1, -0.05) is 0 Å². The van der Waals surface area contributed by atoms with Gasteiger partial charge in [-0.2, -0.15) is 5.10 Å². The van der Waals surface area contributed by atoms with Crippen molar-refractivity contribution in [2.24, 2.45) is 11.1 Å². The van der Waals surface area contributed by atoms with Crippen LogP contribution in [0.1, 0.15) is 30.5 Å². The van der Waals surface area contributed by atoms with Gasteiger partial charge in [0.05, 0.1) is 6.20 Å². The van der Waals surface area contributed by atoms with Crippen molar-refractivity contribution in [1.29, 1.82) is 0 Å². The van der Waals surface area contributed by atoms with Crippen molar-refractivity contribution in [2.75, 3.05) is 6.54 Å². The molecule has 0 amide bonds. The second-order valence-corrected chi connectivity index (χ2v) is 4.61. The third kappa shape index (κ3) is 0.786. The van der Waals surface area contributed by atoms with E-state index in [0.29, 0.717) is 6.54 Å². The largest absolute Gasteiger partial charge is 0.383 e. The van der Waals surface area contributed by atoms with Crippen molar-refractivity contribution in [3.63, 3.8) is 0 Å². The lowest BCUT2D eigenvalue weighted by atomic mass is 9.71. The molecule has 0 saturated heterocycles. The van der Waals surface area contributed by atoms with Gasteiger partial charge in [-0.25, -0.2) is 0 Å². The van der Waals surface area contributed by atoms with Crippen molar-refractivity contribution in [3.8, 4) is 0 Å². The van der Waals surface area contributed by atoms with Gasteiger partial charge in [-0.3, -0.25) is 5.10 Å². The predicted molar refractivity (Wildman–Crippen MR) is 51.5 cm³/mol. The van der Waals surface area contributed by atoms with Crippen molar-refractivity contribution in [2.45, 2.75) is 31.3 Å². The van der Waals surface area contributed by atoms with Crippen LogP contribution in [0.25, 0.3) is 0 Å². The summed E-state index contributed by atoms with van der Waals surface area (Å²) >= 11 is 0. The van der Waals surface area contributed by atoms with Gasteiger partial charge in [0.2, 0.25) is 0 Å². The predicted octanol–water partition coefficient (Wildman–Crippen LogP) is 0.282. The Balaban J connectivity index is 2.15. The zero-order valence-corrected chi connectivity index (χ0v) is 8.08. The standard InChI is InChI=1S/C10H15N3O/c11-6-10(14)7-5-12-13-8(7)1-2-9(10)3-4-9/h5,14H,1-4,6,11H2,(H,12,13). The third-order valence-electron chi connectivity index (χ3n) is 4.04. The van der Waals surface area contributed by atoms with Gasteiger partial charge < -0.3 is 10.8 Å². The Labute approximate surface area is 82.5 Å². The number of nitrogens with zero attached hydrogens (tertiary/aromatic N) is 1. The molecule has 1 fully saturated rings. The SMILES string of the molecule is NCC1(O)c2cn[nH]c2CCC12CC2. The molecule has 3 rings (SSSR count). The molecule has 1 aromatic rings. The van der Waals surface area contributed by atoms with Crippen LogP contribution in [0.3, 0.4) is 0 Å². The maximum atomic E-state index is 10.6. The molecule has 2 aliphatic carbocycles. The van der Waals surface area contributed by atoms with E-state index in [0.717, 1.165) is 36.9 Å². The number of rotatable bonds is 1. The molecule has 76 valence electrons. The summed E-state index contributed by atoms with van der Waals surface area (Å²) in [6, 6.07) is 0. The summed E-state index contributed by atoms with van der Waals surface area (Å²) in [4.78, 5) is 0. The first kappa shape index (κ1) is 8.44. The quantitative estimate of drug-likeness (QED) is 0.599. The molecule has 14 heavy (non-hydrogen) atoms. The molecule has 4 heteroatoms. The molecule has 1 spiro atoms. The van der Waals surface area contributed by atoms with Crippen LogP contribution in [0.5, 0.6) is 0 Å². The number of fused-ring (bicyclic) bond motifs is 1. The van der Waals surface area contributed by atoms with Crippen LogP contribution in [-0.2, 0) is 12.0 Å². The first-order chi connectivity index (χ1) is 6.72. The Hall–Kier alpha value is -0.870. The van der Waals surface area contributed by atoms with E-state index in [1.165, 1.54) is 0 Å². The molecule has 0 aromatic carbocycles. The summed E-state index contributed by atoms with van der Waals surface area (Å²) in [6.07, 6.45) is 5.98. The van der Waals surface area contributed by atoms with Crippen LogP contribution >= 0.6 is 0 Å². The fourth-order valence-electron chi connectivity index (χ4n) is 2.86. The Morgan fingerprint density at radius 1 is 1.50 bits per heavy atom. The Morgan fingerprint density at radius 3 is 2.93 bits per heavy atom. The highest BCUT2D eigenvalue weighted by atomic mass is 16.3. The van der Waals surface area contributed by atoms with Crippen LogP contribution in [0.4, 0.5) is 0 Å². The van der Waals surface area contributed by atoms with E-state index in [1.807, 2.05) is 0 Å². The third-order valence-corrected chi connectivity index (χ3v) is 4.04. The van der Waals surface area contributed by atoms with E-state index in [1.54, 1.807) is 6.20 Å². The first-order valence-corrected chi connectivity index (χ1v) is 5.17. The van der Waals surface area contributed by atoms with Gasteiger partial charge in [0.25, 0.3) is 0 Å². The highest BCUT2D eigenvalue weighted by Crippen LogP contribution is 2.63. The monoisotopic (exact) mass is 193 g/mol. The highest BCUT2D eigenvalue weighted by molar-refractivity contribution is 5.34. The van der Waals surface area contributed by atoms with Gasteiger partial charge in [-0.15, -0.1) is 0 Å². The molecule has 1 atom stereocenters. The summed E-state index contributed by atoms with van der Waals surface area (Å²) in [5.41, 5.74) is 6.98. The lowest BCUT2D eigenvalue weighted by molar-refractivity contribution is -0.0421. The molecule has 4 nitrogen and oxygen atoms in total. The highest BCUT2D eigenvalue weighted by Gasteiger charge is 2.61. The maximum Gasteiger partial charge on any atom is 0.111 e. The van der Waals surface area contributed by atoms with E-state index < -0.39 is 5.60 Å². The Bertz CT molecular complexity index is 369. The molecule has 2 aliphatic rings. The average molecular weight is 193 g/mol. The number of hydrogen-bond acceptors (Lipinski definition) is 3. The number of aromatic amines is 1. The molecule has 1 saturated carbocycles. The van der Waals surface area contributed by atoms with Crippen LogP contribution in [-0.4, -0.2) is 21.8 Å². The number of nitrogens with one attached hydrogen (secondary N) is 1. The molecule has 1 aromatic heterocycles. The van der Waals surface area contributed by atoms with Gasteiger partial charge in [0, 0.05) is 23.2 Å². The lowest BCUT2D eigenvalue weighted by Gasteiger charge is -2.39. The summed E-state index contributed by atoms with van der Waals surface area (Å²) < 4.78 is 0. The fraction of sp³-hybridized carbons (Fsp3) is 0.700. The summed E-state index contributed by atoms with van der Waals surface area (Å²) in [5, 5.41) is 17.6. The van der Waals surface area contributed by atoms with Gasteiger partial charge in [0.15, 0.2) is 0 Å². The number of nitrogens with two attached hydrogens (primary N) is 1. The van der Waals surface area contributed by atoms with Crippen LogP contribution < -0.4 is 5.73 Å². The molecule has 0 bridgehead atoms. The van der Waals surface area contributed by atoms with Crippen molar-refractivity contribution >= 4 is 0 Å². The molecular weight excluding hydrogens is 178 g/mol. The van der Waals surface area contributed by atoms with Crippen LogP contribution in [0.15, 0.2) is 6.20 Å². The second kappa shape index (κ2) is 2.38. The van der Waals surface area contributed by atoms with E-state index >= 15 is 0 Å². The fourth-order valence-corrected chi connectivity index (χ4v) is 2.86. The van der Waals surface area contributed by atoms with Gasteiger partial charge >= 0.3 is 0 Å². The summed E-state index contributed by atoms with van der Waals surface area (Å²) in [5.74, 6) is 0. The molecule has 4 N–H and O–H groups in total. The first-order valence-electron chi connectivity index (χ1n) is 5.17. The molecule has 1 unspecified atom stereocenters. The Kier molecular flexibility index (Phi) is 1.43. The zero-order valence-electron chi connectivity index (χ0n) is 8.08. The zero-order chi connectivity index (χ0) is 9.81. The summed E-state index contributed by atoms with van der Waals surface area (Å²) in [7, 11) is 0. The minimum absolute atomic E-state index is 0.0681. The van der Waals surface area contributed by atoms with Crippen LogP contribution in [0.2, 0.25) is 0 Å². The minimum Gasteiger partial charge on any atom is -0.383 e. The van der Waals surface area contributed by atoms with Crippen molar-refractivity contribution in [1.82, 2.24) is 10.2 Å². The number of aromatic nitrogens is 2. The molecule has 1 heterocycles. The number of hydrogen-bond donors (Lipinski definition) is 3. The number of H-pyrrole nitrogens is 1. The van der Waals surface area contributed by atoms with Gasteiger partial charge in [-0.05, 0) is 25.7 Å². The maximum absolute atomic E-state index is 10.6. The number of aliphatic hydroxyl groups is 1. The van der Waals surface area contributed by atoms with Crippen LogP contribution in [0, 0.1) is 5.41 Å². The lowest BCUT2D eigenvalue weighted by Crippen LogP contribution is -2.46. The summed E-state index contributed by atoms with van der Waals surface area (Å²) in [6.45, 7) is 0.305. The molecule has 0 aliphatic heterocycles. The van der Waals surface area contributed by atoms with E-state index in [4.69, 9.17) is 5.73 Å². The Morgan fingerprint density at radius 2 is 2.29 bits per heavy atom. The van der Waals surface area contributed by atoms with Gasteiger partial charge in [0.1, 0.15) is 5.60 Å². The molecule has 0 radical (unpaired) electrons. The minimum atomic E-state index is -0.826. The van der Waals surface area contributed by atoms with E-state index in [-0.39, 0.29) is 5.41 Å². The second-order valence-electron chi connectivity index (χ2n) is 4.61. The smallest absolute Gasteiger partial charge is 0.111 e. The topological polar surface area (TPSA) is 74.9 Å². The normalized spacial score (nSPS) is 33.0.